The smallest absolute Gasteiger partial charge is 0.000812 e. The highest BCUT2D eigenvalue weighted by molar-refractivity contribution is 5.67. The number of fused-ring (bicyclic) bond motifs is 1. The Hall–Kier alpha value is -1.08. The Bertz CT molecular complexity index is 431. The first-order valence-corrected chi connectivity index (χ1v) is 6.95. The molecule has 0 atom stereocenters. The van der Waals surface area contributed by atoms with Crippen molar-refractivity contribution < 1.29 is 0 Å². The molecule has 0 amide bonds. The van der Waals surface area contributed by atoms with Crippen molar-refractivity contribution in [2.45, 2.75) is 38.5 Å². The lowest BCUT2D eigenvalue weighted by molar-refractivity contribution is 0.685. The first-order chi connectivity index (χ1) is 8.43. The van der Waals surface area contributed by atoms with Gasteiger partial charge in [-0.25, -0.2) is 0 Å². The Labute approximate surface area is 104 Å². The van der Waals surface area contributed by atoms with Crippen LogP contribution in [0.25, 0.3) is 5.57 Å². The summed E-state index contributed by atoms with van der Waals surface area (Å²) in [6.45, 7) is 2.26. The van der Waals surface area contributed by atoms with Crippen LogP contribution in [-0.4, -0.2) is 13.1 Å². The lowest BCUT2D eigenvalue weighted by Crippen LogP contribution is -2.13. The maximum Gasteiger partial charge on any atom is -0.000812 e. The summed E-state index contributed by atoms with van der Waals surface area (Å²) in [5.41, 5.74) is 6.21. The molecule has 1 aromatic rings. The molecular formula is C16H21N. The van der Waals surface area contributed by atoms with Crippen molar-refractivity contribution in [1.82, 2.24) is 5.32 Å². The van der Waals surface area contributed by atoms with Crippen LogP contribution in [0.15, 0.2) is 24.3 Å². The third-order valence-corrected chi connectivity index (χ3v) is 4.00. The third kappa shape index (κ3) is 2.44. The van der Waals surface area contributed by atoms with Crippen molar-refractivity contribution in [3.63, 3.8) is 0 Å². The molecule has 0 fully saturated rings. The Kier molecular flexibility index (Phi) is 3.28. The van der Waals surface area contributed by atoms with E-state index >= 15 is 0 Å². The molecule has 3 rings (SSSR count). The van der Waals surface area contributed by atoms with Crippen LogP contribution in [0.5, 0.6) is 0 Å². The predicted octanol–water partition coefficient (Wildman–Crippen LogP) is 3.33. The van der Waals surface area contributed by atoms with Gasteiger partial charge in [-0.2, -0.15) is 0 Å². The molecule has 1 heteroatoms. The first-order valence-electron chi connectivity index (χ1n) is 6.95. The fourth-order valence-corrected chi connectivity index (χ4v) is 2.99. The Balaban J connectivity index is 1.89. The van der Waals surface area contributed by atoms with Crippen LogP contribution in [0.1, 0.15) is 42.4 Å². The zero-order valence-electron chi connectivity index (χ0n) is 10.5. The monoisotopic (exact) mass is 227 g/mol. The topological polar surface area (TPSA) is 12.0 Å². The summed E-state index contributed by atoms with van der Waals surface area (Å²) in [6, 6.07) is 7.15. The molecule has 1 N–H and O–H groups in total. The molecule has 0 aromatic heterocycles. The van der Waals surface area contributed by atoms with E-state index in [0.29, 0.717) is 0 Å². The molecule has 2 aliphatic rings. The molecule has 90 valence electrons. The number of hydrogen-bond donors (Lipinski definition) is 1. The number of hydrogen-bond acceptors (Lipinski definition) is 1. The van der Waals surface area contributed by atoms with E-state index in [9.17, 15) is 0 Å². The number of rotatable bonds is 1. The van der Waals surface area contributed by atoms with Gasteiger partial charge in [-0.1, -0.05) is 24.3 Å². The number of nitrogens with one attached hydrogen (secondary N) is 1. The molecule has 0 unspecified atom stereocenters. The second kappa shape index (κ2) is 5.05. The maximum absolute atomic E-state index is 3.46. The lowest BCUT2D eigenvalue weighted by Gasteiger charge is -2.17. The van der Waals surface area contributed by atoms with Gasteiger partial charge >= 0.3 is 0 Å². The zero-order valence-corrected chi connectivity index (χ0v) is 10.5. The molecular weight excluding hydrogens is 206 g/mol. The highest BCUT2D eigenvalue weighted by atomic mass is 14.8. The van der Waals surface area contributed by atoms with E-state index in [1.165, 1.54) is 44.1 Å². The summed E-state index contributed by atoms with van der Waals surface area (Å²) in [5.74, 6) is 0. The van der Waals surface area contributed by atoms with E-state index in [2.05, 4.69) is 29.6 Å². The second-order valence-corrected chi connectivity index (χ2v) is 5.21. The molecule has 0 bridgehead atoms. The second-order valence-electron chi connectivity index (χ2n) is 5.21. The van der Waals surface area contributed by atoms with Crippen molar-refractivity contribution in [2.24, 2.45) is 0 Å². The average molecular weight is 227 g/mol. The zero-order chi connectivity index (χ0) is 11.5. The molecule has 1 aliphatic heterocycles. The van der Waals surface area contributed by atoms with Gasteiger partial charge < -0.3 is 5.32 Å². The van der Waals surface area contributed by atoms with E-state index in [4.69, 9.17) is 0 Å². The standard InChI is InChI=1S/C16H21N/c1-2-5-15-12-16(8-7-13(15)4-1)14-6-3-10-17-11-9-14/h6-8,12,17H,1-5,9-11H2. The highest BCUT2D eigenvalue weighted by Gasteiger charge is 2.11. The number of benzene rings is 1. The van der Waals surface area contributed by atoms with Crippen LogP contribution >= 0.6 is 0 Å². The molecule has 1 aromatic carbocycles. The van der Waals surface area contributed by atoms with Crippen molar-refractivity contribution in [1.29, 1.82) is 0 Å². The van der Waals surface area contributed by atoms with Gasteiger partial charge in [0, 0.05) is 0 Å². The quantitative estimate of drug-likeness (QED) is 0.776. The van der Waals surface area contributed by atoms with Gasteiger partial charge in [-0.15, -0.1) is 0 Å². The fraction of sp³-hybridized carbons (Fsp3) is 0.500. The van der Waals surface area contributed by atoms with Crippen molar-refractivity contribution >= 4 is 5.57 Å². The van der Waals surface area contributed by atoms with Gasteiger partial charge in [0.2, 0.25) is 0 Å². The van der Waals surface area contributed by atoms with Gasteiger partial charge in [0.15, 0.2) is 0 Å². The van der Waals surface area contributed by atoms with Gasteiger partial charge in [0.05, 0.1) is 0 Å². The van der Waals surface area contributed by atoms with Crippen LogP contribution < -0.4 is 5.32 Å². The van der Waals surface area contributed by atoms with Crippen LogP contribution in [0.3, 0.4) is 0 Å². The summed E-state index contributed by atoms with van der Waals surface area (Å²) in [4.78, 5) is 0. The van der Waals surface area contributed by atoms with Crippen LogP contribution in [0, 0.1) is 0 Å². The van der Waals surface area contributed by atoms with Crippen LogP contribution in [0.4, 0.5) is 0 Å². The van der Waals surface area contributed by atoms with Gasteiger partial charge in [0.1, 0.15) is 0 Å². The van der Waals surface area contributed by atoms with Crippen molar-refractivity contribution in [2.75, 3.05) is 13.1 Å². The van der Waals surface area contributed by atoms with Gasteiger partial charge in [-0.05, 0) is 73.9 Å². The summed E-state index contributed by atoms with van der Waals surface area (Å²) < 4.78 is 0. The Morgan fingerprint density at radius 2 is 1.76 bits per heavy atom. The molecule has 1 heterocycles. The van der Waals surface area contributed by atoms with E-state index in [1.54, 1.807) is 16.7 Å². The van der Waals surface area contributed by atoms with E-state index < -0.39 is 0 Å². The van der Waals surface area contributed by atoms with E-state index in [0.717, 1.165) is 13.1 Å². The summed E-state index contributed by atoms with van der Waals surface area (Å²) in [6.07, 6.45) is 10.1. The van der Waals surface area contributed by atoms with Crippen molar-refractivity contribution in [3.05, 3.63) is 41.0 Å². The van der Waals surface area contributed by atoms with Crippen molar-refractivity contribution in [3.8, 4) is 0 Å². The maximum atomic E-state index is 3.46. The SMILES string of the molecule is C1=C(c2ccc3c(c2)CCCC3)CCNCC1. The molecule has 1 aliphatic carbocycles. The van der Waals surface area contributed by atoms with E-state index in [1.807, 2.05) is 0 Å². The summed E-state index contributed by atoms with van der Waals surface area (Å²) in [7, 11) is 0. The average Bonchev–Trinajstić information content (AvgIpc) is 2.67. The minimum atomic E-state index is 1.13. The molecule has 0 radical (unpaired) electrons. The van der Waals surface area contributed by atoms with Crippen LogP contribution in [0.2, 0.25) is 0 Å². The largest absolute Gasteiger partial charge is 0.316 e. The molecule has 1 nitrogen and oxygen atoms in total. The van der Waals surface area contributed by atoms with Gasteiger partial charge in [-0.3, -0.25) is 0 Å². The lowest BCUT2D eigenvalue weighted by atomic mass is 9.88. The first kappa shape index (κ1) is 11.0. The molecule has 0 saturated carbocycles. The Morgan fingerprint density at radius 1 is 0.882 bits per heavy atom. The normalized spacial score (nSPS) is 20.4. The molecule has 17 heavy (non-hydrogen) atoms. The highest BCUT2D eigenvalue weighted by Crippen LogP contribution is 2.27. The van der Waals surface area contributed by atoms with E-state index in [-0.39, 0.29) is 0 Å². The summed E-state index contributed by atoms with van der Waals surface area (Å²) >= 11 is 0. The van der Waals surface area contributed by atoms with Gasteiger partial charge in [0.25, 0.3) is 0 Å². The minimum absolute atomic E-state index is 1.13. The third-order valence-electron chi connectivity index (χ3n) is 4.00. The number of aryl methyl sites for hydroxylation is 2. The Morgan fingerprint density at radius 3 is 2.71 bits per heavy atom. The van der Waals surface area contributed by atoms with Crippen LogP contribution in [-0.2, 0) is 12.8 Å². The molecule has 0 saturated heterocycles. The summed E-state index contributed by atoms with van der Waals surface area (Å²) in [5, 5.41) is 3.46. The predicted molar refractivity (Wildman–Crippen MR) is 73.2 cm³/mol. The minimum Gasteiger partial charge on any atom is -0.316 e. The molecule has 0 spiro atoms. The fourth-order valence-electron chi connectivity index (χ4n) is 2.99.